The molecule has 0 unspecified atom stereocenters. The lowest BCUT2D eigenvalue weighted by molar-refractivity contribution is -0.0329. The molecule has 72 valence electrons. The number of hydrogen-bond acceptors (Lipinski definition) is 1. The summed E-state index contributed by atoms with van der Waals surface area (Å²) in [7, 11) is 0. The number of benzene rings is 1. The molecule has 0 aliphatic carbocycles. The Hall–Kier alpha value is -0.350. The molecule has 1 aromatic carbocycles. The summed E-state index contributed by atoms with van der Waals surface area (Å²) in [5.74, 6) is -0.0688. The summed E-state index contributed by atoms with van der Waals surface area (Å²) in [4.78, 5) is 0. The fraction of sp³-hybridized carbons (Fsp3) is 0.250. The van der Waals surface area contributed by atoms with Crippen LogP contribution in [0.2, 0.25) is 5.02 Å². The van der Waals surface area contributed by atoms with Crippen molar-refractivity contribution in [3.63, 3.8) is 0 Å². The van der Waals surface area contributed by atoms with Crippen molar-refractivity contribution in [2.45, 2.75) is 11.3 Å². The molecule has 0 spiro atoms. The van der Waals surface area contributed by atoms with Crippen LogP contribution < -0.4 is 0 Å². The first-order chi connectivity index (χ1) is 5.97. The molecule has 0 aliphatic rings. The highest BCUT2D eigenvalue weighted by molar-refractivity contribution is 7.99. The topological polar surface area (TPSA) is 0 Å². The van der Waals surface area contributed by atoms with Crippen molar-refractivity contribution in [3.05, 3.63) is 34.9 Å². The van der Waals surface area contributed by atoms with Crippen molar-refractivity contribution < 1.29 is 13.2 Å². The van der Waals surface area contributed by atoms with Gasteiger partial charge in [0.05, 0.1) is 0 Å². The van der Waals surface area contributed by atoms with Crippen LogP contribution in [0.5, 0.6) is 0 Å². The van der Waals surface area contributed by atoms with Gasteiger partial charge in [0.2, 0.25) is 0 Å². The van der Waals surface area contributed by atoms with Gasteiger partial charge in [-0.15, -0.1) is 0 Å². The van der Waals surface area contributed by atoms with Gasteiger partial charge in [-0.25, -0.2) is 0 Å². The van der Waals surface area contributed by atoms with Gasteiger partial charge in [0.1, 0.15) is 0 Å². The zero-order valence-corrected chi connectivity index (χ0v) is 8.01. The molecule has 0 N–H and O–H groups in total. The summed E-state index contributed by atoms with van der Waals surface area (Å²) in [6.45, 7) is 0. The average Bonchev–Trinajstić information content (AvgIpc) is 2.02. The monoisotopic (exact) mass is 226 g/mol. The third kappa shape index (κ3) is 4.43. The summed E-state index contributed by atoms with van der Waals surface area (Å²) in [6.07, 6.45) is 0. The van der Waals surface area contributed by atoms with Gasteiger partial charge in [-0.3, -0.25) is 0 Å². The Bertz CT molecular complexity index is 268. The Labute approximate surface area is 83.1 Å². The third-order valence-electron chi connectivity index (χ3n) is 1.32. The van der Waals surface area contributed by atoms with Gasteiger partial charge in [-0.2, -0.15) is 13.2 Å². The summed E-state index contributed by atoms with van der Waals surface area (Å²) >= 11 is 5.52. The standard InChI is InChI=1S/C8H6ClF3S/c9-7-3-1-6(2-4-7)5-13-8(10,11)12/h1-4H,5H2. The minimum Gasteiger partial charge on any atom is -0.160 e. The van der Waals surface area contributed by atoms with E-state index in [-0.39, 0.29) is 17.5 Å². The summed E-state index contributed by atoms with van der Waals surface area (Å²) in [5.41, 5.74) is -3.55. The lowest BCUT2D eigenvalue weighted by atomic mass is 10.2. The Morgan fingerprint density at radius 3 is 2.15 bits per heavy atom. The van der Waals surface area contributed by atoms with Crippen LogP contribution in [0.3, 0.4) is 0 Å². The van der Waals surface area contributed by atoms with E-state index in [0.717, 1.165) is 0 Å². The molecule has 0 fully saturated rings. The van der Waals surface area contributed by atoms with E-state index in [1.165, 1.54) is 0 Å². The first-order valence-corrected chi connectivity index (χ1v) is 4.79. The maximum Gasteiger partial charge on any atom is 0.442 e. The SMILES string of the molecule is FC(F)(F)SCc1ccc(Cl)cc1. The highest BCUT2D eigenvalue weighted by atomic mass is 35.5. The number of alkyl halides is 3. The zero-order chi connectivity index (χ0) is 9.90. The molecular formula is C8H6ClF3S. The van der Waals surface area contributed by atoms with Crippen LogP contribution in [-0.4, -0.2) is 5.51 Å². The quantitative estimate of drug-likeness (QED) is 0.732. The molecule has 1 aromatic rings. The van der Waals surface area contributed by atoms with Gasteiger partial charge in [0.15, 0.2) is 0 Å². The highest BCUT2D eigenvalue weighted by Crippen LogP contribution is 2.32. The second kappa shape index (κ2) is 4.24. The van der Waals surface area contributed by atoms with Crippen LogP contribution in [0, 0.1) is 0 Å². The molecule has 0 atom stereocenters. The van der Waals surface area contributed by atoms with E-state index in [2.05, 4.69) is 0 Å². The predicted octanol–water partition coefficient (Wildman–Crippen LogP) is 4.09. The molecule has 0 heterocycles. The molecule has 0 aromatic heterocycles. The van der Waals surface area contributed by atoms with E-state index in [1.54, 1.807) is 24.3 Å². The van der Waals surface area contributed by atoms with Gasteiger partial charge in [0, 0.05) is 10.8 Å². The fourth-order valence-corrected chi connectivity index (χ4v) is 1.39. The van der Waals surface area contributed by atoms with Crippen LogP contribution in [0.4, 0.5) is 13.2 Å². The van der Waals surface area contributed by atoms with E-state index in [4.69, 9.17) is 11.6 Å². The van der Waals surface area contributed by atoms with E-state index >= 15 is 0 Å². The Balaban J connectivity index is 2.51. The highest BCUT2D eigenvalue weighted by Gasteiger charge is 2.27. The molecule has 0 nitrogen and oxygen atoms in total. The van der Waals surface area contributed by atoms with E-state index in [0.29, 0.717) is 10.6 Å². The molecule has 0 amide bonds. The second-order valence-electron chi connectivity index (χ2n) is 2.36. The number of halogens is 4. The molecule has 0 saturated heterocycles. The predicted molar refractivity (Wildman–Crippen MR) is 48.8 cm³/mol. The van der Waals surface area contributed by atoms with Crippen molar-refractivity contribution in [2.24, 2.45) is 0 Å². The second-order valence-corrected chi connectivity index (χ2v) is 3.84. The summed E-state index contributed by atoms with van der Waals surface area (Å²) in [6, 6.07) is 6.32. The molecule has 0 bridgehead atoms. The van der Waals surface area contributed by atoms with Gasteiger partial charge >= 0.3 is 5.51 Å². The maximum atomic E-state index is 11.8. The minimum absolute atomic E-state index is 0.0506. The molecular weight excluding hydrogens is 221 g/mol. The smallest absolute Gasteiger partial charge is 0.160 e. The average molecular weight is 227 g/mol. The van der Waals surface area contributed by atoms with Crippen LogP contribution in [0.25, 0.3) is 0 Å². The molecule has 0 aliphatic heterocycles. The summed E-state index contributed by atoms with van der Waals surface area (Å²) < 4.78 is 35.3. The largest absolute Gasteiger partial charge is 0.442 e. The van der Waals surface area contributed by atoms with Crippen molar-refractivity contribution >= 4 is 23.4 Å². The van der Waals surface area contributed by atoms with Gasteiger partial charge in [0.25, 0.3) is 0 Å². The van der Waals surface area contributed by atoms with Crippen molar-refractivity contribution in [1.82, 2.24) is 0 Å². The van der Waals surface area contributed by atoms with Crippen LogP contribution in [0.15, 0.2) is 24.3 Å². The van der Waals surface area contributed by atoms with Crippen LogP contribution in [-0.2, 0) is 5.75 Å². The normalized spacial score (nSPS) is 11.7. The first-order valence-electron chi connectivity index (χ1n) is 3.42. The lowest BCUT2D eigenvalue weighted by Gasteiger charge is -2.04. The molecule has 13 heavy (non-hydrogen) atoms. The molecule has 1 rings (SSSR count). The third-order valence-corrected chi connectivity index (χ3v) is 2.37. The number of rotatable bonds is 2. The van der Waals surface area contributed by atoms with Crippen molar-refractivity contribution in [1.29, 1.82) is 0 Å². The number of hydrogen-bond donors (Lipinski definition) is 0. The fourth-order valence-electron chi connectivity index (χ4n) is 0.746. The van der Waals surface area contributed by atoms with Gasteiger partial charge < -0.3 is 0 Å². The lowest BCUT2D eigenvalue weighted by Crippen LogP contribution is -2.00. The Morgan fingerprint density at radius 1 is 1.15 bits per heavy atom. The van der Waals surface area contributed by atoms with Crippen molar-refractivity contribution in [3.8, 4) is 0 Å². The zero-order valence-electron chi connectivity index (χ0n) is 6.44. The molecule has 0 radical (unpaired) electrons. The molecule has 0 saturated carbocycles. The van der Waals surface area contributed by atoms with Crippen molar-refractivity contribution in [2.75, 3.05) is 0 Å². The van der Waals surface area contributed by atoms with Gasteiger partial charge in [-0.1, -0.05) is 23.7 Å². The van der Waals surface area contributed by atoms with E-state index < -0.39 is 5.51 Å². The Kier molecular flexibility index (Phi) is 3.50. The van der Waals surface area contributed by atoms with Crippen LogP contribution in [0.1, 0.15) is 5.56 Å². The van der Waals surface area contributed by atoms with E-state index in [1.807, 2.05) is 0 Å². The number of thioether (sulfide) groups is 1. The van der Waals surface area contributed by atoms with Crippen LogP contribution >= 0.6 is 23.4 Å². The molecule has 5 heteroatoms. The van der Waals surface area contributed by atoms with Gasteiger partial charge in [-0.05, 0) is 29.5 Å². The Morgan fingerprint density at radius 2 is 1.69 bits per heavy atom. The van der Waals surface area contributed by atoms with E-state index in [9.17, 15) is 13.2 Å². The minimum atomic E-state index is -4.17. The summed E-state index contributed by atoms with van der Waals surface area (Å²) in [5, 5.41) is 0.528. The first kappa shape index (κ1) is 10.7. The maximum absolute atomic E-state index is 11.8.